The lowest BCUT2D eigenvalue weighted by molar-refractivity contribution is 0.0371. The van der Waals surface area contributed by atoms with Crippen LogP contribution in [-0.2, 0) is 4.74 Å². The molecule has 0 bridgehead atoms. The van der Waals surface area contributed by atoms with Crippen molar-refractivity contribution >= 4 is 0 Å². The van der Waals surface area contributed by atoms with Crippen LogP contribution < -0.4 is 0 Å². The molecule has 0 saturated heterocycles. The molecular weight excluding hydrogens is 152 g/mol. The first kappa shape index (κ1) is 11.9. The first-order valence-corrected chi connectivity index (χ1v) is 5.07. The Balaban J connectivity index is 3.40. The average Bonchev–Trinajstić information content (AvgIpc) is 2.10. The van der Waals surface area contributed by atoms with Gasteiger partial charge in [-0.25, -0.2) is 0 Å². The molecule has 2 nitrogen and oxygen atoms in total. The molecule has 0 aromatic rings. The van der Waals surface area contributed by atoms with Crippen molar-refractivity contribution in [3.63, 3.8) is 0 Å². The zero-order valence-electron chi connectivity index (χ0n) is 8.38. The fourth-order valence-corrected chi connectivity index (χ4v) is 1.24. The van der Waals surface area contributed by atoms with Crippen molar-refractivity contribution in [3.8, 4) is 0 Å². The highest BCUT2D eigenvalue weighted by molar-refractivity contribution is 4.57. The predicted molar refractivity (Wildman–Crippen MR) is 51.3 cm³/mol. The maximum Gasteiger partial charge on any atom is 0.0575 e. The van der Waals surface area contributed by atoms with Gasteiger partial charge in [0, 0.05) is 13.2 Å². The lowest BCUT2D eigenvalue weighted by Crippen LogP contribution is -2.13. The lowest BCUT2D eigenvalue weighted by Gasteiger charge is -2.15. The van der Waals surface area contributed by atoms with Crippen molar-refractivity contribution in [1.29, 1.82) is 0 Å². The Morgan fingerprint density at radius 1 is 1.17 bits per heavy atom. The lowest BCUT2D eigenvalue weighted by atomic mass is 10.1. The fraction of sp³-hybridized carbons (Fsp3) is 1.00. The second kappa shape index (κ2) is 9.01. The van der Waals surface area contributed by atoms with E-state index in [1.807, 2.05) is 0 Å². The molecule has 1 N–H and O–H groups in total. The monoisotopic (exact) mass is 174 g/mol. The Kier molecular flexibility index (Phi) is 8.95. The highest BCUT2D eigenvalue weighted by atomic mass is 16.5. The molecule has 0 saturated carbocycles. The minimum atomic E-state index is 0.287. The first-order chi connectivity index (χ1) is 5.85. The van der Waals surface area contributed by atoms with Crippen LogP contribution in [0.4, 0.5) is 0 Å². The van der Waals surface area contributed by atoms with Gasteiger partial charge >= 0.3 is 0 Å². The van der Waals surface area contributed by atoms with Crippen LogP contribution in [0.15, 0.2) is 0 Å². The highest BCUT2D eigenvalue weighted by Crippen LogP contribution is 2.09. The number of aliphatic hydroxyl groups excluding tert-OH is 1. The second-order valence-corrected chi connectivity index (χ2v) is 3.15. The van der Waals surface area contributed by atoms with E-state index in [1.165, 1.54) is 6.42 Å². The molecule has 0 aliphatic heterocycles. The quantitative estimate of drug-likeness (QED) is 0.612. The van der Waals surface area contributed by atoms with Gasteiger partial charge in [-0.15, -0.1) is 0 Å². The van der Waals surface area contributed by atoms with Gasteiger partial charge in [-0.1, -0.05) is 20.3 Å². The smallest absolute Gasteiger partial charge is 0.0575 e. The minimum Gasteiger partial charge on any atom is -0.396 e. The number of rotatable bonds is 8. The predicted octanol–water partition coefficient (Wildman–Crippen LogP) is 2.35. The average molecular weight is 174 g/mol. The van der Waals surface area contributed by atoms with Crippen LogP contribution in [-0.4, -0.2) is 24.4 Å². The van der Waals surface area contributed by atoms with Crippen LogP contribution in [0, 0.1) is 0 Å². The Morgan fingerprint density at radius 2 is 1.92 bits per heavy atom. The number of hydrogen-bond donors (Lipinski definition) is 1. The van der Waals surface area contributed by atoms with E-state index in [-0.39, 0.29) is 6.61 Å². The highest BCUT2D eigenvalue weighted by Gasteiger charge is 2.06. The molecular formula is C10H22O2. The molecule has 0 aromatic heterocycles. The molecule has 2 heteroatoms. The summed E-state index contributed by atoms with van der Waals surface area (Å²) < 4.78 is 5.62. The summed E-state index contributed by atoms with van der Waals surface area (Å²) in [5.41, 5.74) is 0. The molecule has 0 fully saturated rings. The van der Waals surface area contributed by atoms with Gasteiger partial charge in [0.25, 0.3) is 0 Å². The zero-order chi connectivity index (χ0) is 9.23. The molecule has 0 amide bonds. The van der Waals surface area contributed by atoms with Crippen LogP contribution in [0.1, 0.15) is 46.0 Å². The summed E-state index contributed by atoms with van der Waals surface area (Å²) in [6, 6.07) is 0. The van der Waals surface area contributed by atoms with Gasteiger partial charge in [-0.3, -0.25) is 0 Å². The maximum absolute atomic E-state index is 8.65. The third-order valence-electron chi connectivity index (χ3n) is 1.85. The van der Waals surface area contributed by atoms with Crippen molar-refractivity contribution in [2.45, 2.75) is 52.1 Å². The molecule has 1 unspecified atom stereocenters. The summed E-state index contributed by atoms with van der Waals surface area (Å²) in [4.78, 5) is 0. The van der Waals surface area contributed by atoms with Crippen molar-refractivity contribution in [2.24, 2.45) is 0 Å². The molecule has 0 spiro atoms. The Bertz CT molecular complexity index is 75.9. The van der Waals surface area contributed by atoms with Crippen LogP contribution in [0.3, 0.4) is 0 Å². The standard InChI is InChI=1S/C10H22O2/c1-3-6-10(7-5-8-11)12-9-4-2/h10-11H,3-9H2,1-2H3. The van der Waals surface area contributed by atoms with Crippen molar-refractivity contribution in [1.82, 2.24) is 0 Å². The zero-order valence-corrected chi connectivity index (χ0v) is 8.38. The number of hydrogen-bond acceptors (Lipinski definition) is 2. The topological polar surface area (TPSA) is 29.5 Å². The van der Waals surface area contributed by atoms with Crippen LogP contribution in [0.5, 0.6) is 0 Å². The summed E-state index contributed by atoms with van der Waals surface area (Å²) >= 11 is 0. The van der Waals surface area contributed by atoms with Crippen molar-refractivity contribution in [3.05, 3.63) is 0 Å². The Labute approximate surface area is 75.9 Å². The van der Waals surface area contributed by atoms with Gasteiger partial charge in [-0.2, -0.15) is 0 Å². The molecule has 0 radical (unpaired) electrons. The van der Waals surface area contributed by atoms with Gasteiger partial charge in [0.2, 0.25) is 0 Å². The summed E-state index contributed by atoms with van der Waals surface area (Å²) in [6.45, 7) is 5.43. The van der Waals surface area contributed by atoms with Gasteiger partial charge in [0.15, 0.2) is 0 Å². The van der Waals surface area contributed by atoms with Crippen LogP contribution in [0.2, 0.25) is 0 Å². The van der Waals surface area contributed by atoms with E-state index in [1.54, 1.807) is 0 Å². The van der Waals surface area contributed by atoms with Crippen molar-refractivity contribution < 1.29 is 9.84 Å². The van der Waals surface area contributed by atoms with Gasteiger partial charge < -0.3 is 9.84 Å². The largest absolute Gasteiger partial charge is 0.396 e. The number of aliphatic hydroxyl groups is 1. The minimum absolute atomic E-state index is 0.287. The molecule has 74 valence electrons. The van der Waals surface area contributed by atoms with Gasteiger partial charge in [0.05, 0.1) is 6.10 Å². The summed E-state index contributed by atoms with van der Waals surface area (Å²) in [5.74, 6) is 0. The van der Waals surface area contributed by atoms with E-state index in [2.05, 4.69) is 13.8 Å². The van der Waals surface area contributed by atoms with Gasteiger partial charge in [-0.05, 0) is 25.7 Å². The van der Waals surface area contributed by atoms with E-state index in [4.69, 9.17) is 9.84 Å². The second-order valence-electron chi connectivity index (χ2n) is 3.15. The third kappa shape index (κ3) is 6.62. The number of ether oxygens (including phenoxy) is 1. The van der Waals surface area contributed by atoms with E-state index >= 15 is 0 Å². The molecule has 0 aliphatic rings. The molecule has 0 heterocycles. The SMILES string of the molecule is CCCOC(CCC)CCCO. The van der Waals surface area contributed by atoms with Crippen molar-refractivity contribution in [2.75, 3.05) is 13.2 Å². The summed E-state index contributed by atoms with van der Waals surface area (Å²) in [5, 5.41) is 8.65. The van der Waals surface area contributed by atoms with Gasteiger partial charge in [0.1, 0.15) is 0 Å². The van der Waals surface area contributed by atoms with E-state index in [0.717, 1.165) is 32.3 Å². The molecule has 0 rings (SSSR count). The van der Waals surface area contributed by atoms with E-state index in [0.29, 0.717) is 6.10 Å². The first-order valence-electron chi connectivity index (χ1n) is 5.07. The molecule has 12 heavy (non-hydrogen) atoms. The maximum atomic E-state index is 8.65. The molecule has 1 atom stereocenters. The summed E-state index contributed by atoms with van der Waals surface area (Å²) in [7, 11) is 0. The normalized spacial score (nSPS) is 13.2. The van der Waals surface area contributed by atoms with Crippen LogP contribution in [0.25, 0.3) is 0 Å². The van der Waals surface area contributed by atoms with E-state index in [9.17, 15) is 0 Å². The Hall–Kier alpha value is -0.0800. The molecule has 0 aliphatic carbocycles. The Morgan fingerprint density at radius 3 is 2.42 bits per heavy atom. The molecule has 0 aromatic carbocycles. The van der Waals surface area contributed by atoms with Crippen LogP contribution >= 0.6 is 0 Å². The van der Waals surface area contributed by atoms with E-state index < -0.39 is 0 Å². The third-order valence-corrected chi connectivity index (χ3v) is 1.85. The fourth-order valence-electron chi connectivity index (χ4n) is 1.24. The summed E-state index contributed by atoms with van der Waals surface area (Å²) in [6.07, 6.45) is 5.62.